The van der Waals surface area contributed by atoms with E-state index in [2.05, 4.69) is 0 Å². The van der Waals surface area contributed by atoms with Crippen molar-refractivity contribution in [2.24, 2.45) is 0 Å². The van der Waals surface area contributed by atoms with E-state index in [1.807, 2.05) is 0 Å². The van der Waals surface area contributed by atoms with Crippen LogP contribution in [0.3, 0.4) is 0 Å². The monoisotopic (exact) mass is 193 g/mol. The standard InChI is InChI=1S/C10H11NO3/c1-11(7-9(12)13)10(14)8-5-3-2-4-6-8/h2-6H,7H2,1H3,(H,12,13). The predicted octanol–water partition coefficient (Wildman–Crippen LogP) is 0.843. The molecule has 0 radical (unpaired) electrons. The quantitative estimate of drug-likeness (QED) is 0.774. The van der Waals surface area contributed by atoms with Gasteiger partial charge < -0.3 is 10.0 Å². The van der Waals surface area contributed by atoms with Crippen LogP contribution in [-0.2, 0) is 4.79 Å². The molecule has 0 heterocycles. The second-order valence-electron chi connectivity index (χ2n) is 2.92. The topological polar surface area (TPSA) is 57.6 Å². The van der Waals surface area contributed by atoms with Gasteiger partial charge in [0.1, 0.15) is 6.54 Å². The third kappa shape index (κ3) is 2.58. The lowest BCUT2D eigenvalue weighted by Crippen LogP contribution is -2.31. The minimum atomic E-state index is -1.02. The molecule has 0 saturated heterocycles. The van der Waals surface area contributed by atoms with Gasteiger partial charge in [-0.15, -0.1) is 0 Å². The van der Waals surface area contributed by atoms with Gasteiger partial charge in [0.05, 0.1) is 0 Å². The lowest BCUT2D eigenvalue weighted by molar-refractivity contribution is -0.137. The molecule has 4 heteroatoms. The van der Waals surface area contributed by atoms with Crippen molar-refractivity contribution >= 4 is 11.9 Å². The van der Waals surface area contributed by atoms with Crippen LogP contribution < -0.4 is 0 Å². The van der Waals surface area contributed by atoms with Crippen LogP contribution in [0.4, 0.5) is 0 Å². The molecule has 0 aliphatic carbocycles. The predicted molar refractivity (Wildman–Crippen MR) is 51.0 cm³/mol. The summed E-state index contributed by atoms with van der Waals surface area (Å²) in [6.07, 6.45) is 0. The van der Waals surface area contributed by atoms with Gasteiger partial charge in [-0.2, -0.15) is 0 Å². The zero-order chi connectivity index (χ0) is 10.6. The van der Waals surface area contributed by atoms with E-state index >= 15 is 0 Å². The van der Waals surface area contributed by atoms with Crippen LogP contribution in [-0.4, -0.2) is 35.5 Å². The van der Waals surface area contributed by atoms with Gasteiger partial charge in [0.2, 0.25) is 0 Å². The van der Waals surface area contributed by atoms with Gasteiger partial charge in [0, 0.05) is 12.6 Å². The Morgan fingerprint density at radius 2 is 1.86 bits per heavy atom. The molecule has 0 saturated carbocycles. The number of likely N-dealkylation sites (N-methyl/N-ethyl adjacent to an activating group) is 1. The number of aliphatic carboxylic acids is 1. The number of nitrogens with zero attached hydrogens (tertiary/aromatic N) is 1. The van der Waals surface area contributed by atoms with Gasteiger partial charge in [-0.3, -0.25) is 9.59 Å². The lowest BCUT2D eigenvalue weighted by Gasteiger charge is -2.13. The van der Waals surface area contributed by atoms with Gasteiger partial charge in [0.25, 0.3) is 5.91 Å². The minimum Gasteiger partial charge on any atom is -0.480 e. The molecule has 0 atom stereocenters. The van der Waals surface area contributed by atoms with Gasteiger partial charge in [-0.1, -0.05) is 18.2 Å². The summed E-state index contributed by atoms with van der Waals surface area (Å²) in [4.78, 5) is 23.1. The molecule has 0 fully saturated rings. The third-order valence-electron chi connectivity index (χ3n) is 1.74. The Bertz CT molecular complexity index is 334. The average Bonchev–Trinajstić information content (AvgIpc) is 2.17. The summed E-state index contributed by atoms with van der Waals surface area (Å²) in [5.74, 6) is -1.30. The van der Waals surface area contributed by atoms with E-state index in [4.69, 9.17) is 5.11 Å². The summed E-state index contributed by atoms with van der Waals surface area (Å²) >= 11 is 0. The maximum absolute atomic E-state index is 11.5. The first-order valence-corrected chi connectivity index (χ1v) is 4.13. The molecule has 0 unspecified atom stereocenters. The summed E-state index contributed by atoms with van der Waals surface area (Å²) < 4.78 is 0. The van der Waals surface area contributed by atoms with Crippen LogP contribution in [0.15, 0.2) is 30.3 Å². The van der Waals surface area contributed by atoms with Crippen LogP contribution >= 0.6 is 0 Å². The highest BCUT2D eigenvalue weighted by Crippen LogP contribution is 2.02. The lowest BCUT2D eigenvalue weighted by atomic mass is 10.2. The fourth-order valence-corrected chi connectivity index (χ4v) is 1.08. The van der Waals surface area contributed by atoms with Crippen molar-refractivity contribution in [1.82, 2.24) is 4.90 Å². The highest BCUT2D eigenvalue weighted by atomic mass is 16.4. The Labute approximate surface area is 81.8 Å². The number of rotatable bonds is 3. The van der Waals surface area contributed by atoms with E-state index in [1.165, 1.54) is 7.05 Å². The Balaban J connectivity index is 2.71. The number of amides is 1. The van der Waals surface area contributed by atoms with Crippen LogP contribution in [0.25, 0.3) is 0 Å². The number of benzene rings is 1. The molecule has 1 aromatic carbocycles. The van der Waals surface area contributed by atoms with Crippen LogP contribution in [0.2, 0.25) is 0 Å². The SMILES string of the molecule is CN(CC(=O)O)C(=O)c1ccccc1. The normalized spacial score (nSPS) is 9.50. The van der Waals surface area contributed by atoms with Gasteiger partial charge in [0.15, 0.2) is 0 Å². The van der Waals surface area contributed by atoms with E-state index in [-0.39, 0.29) is 12.5 Å². The first-order valence-electron chi connectivity index (χ1n) is 4.13. The number of carbonyl (C=O) groups is 2. The van der Waals surface area contributed by atoms with Gasteiger partial charge in [-0.05, 0) is 12.1 Å². The second kappa shape index (κ2) is 4.41. The second-order valence-corrected chi connectivity index (χ2v) is 2.92. The molecule has 0 aliphatic rings. The number of carbonyl (C=O) groups excluding carboxylic acids is 1. The van der Waals surface area contributed by atoms with Crippen molar-refractivity contribution in [1.29, 1.82) is 0 Å². The summed E-state index contributed by atoms with van der Waals surface area (Å²) in [5.41, 5.74) is 0.497. The van der Waals surface area contributed by atoms with Crippen LogP contribution in [0.1, 0.15) is 10.4 Å². The Kier molecular flexibility index (Phi) is 3.23. The van der Waals surface area contributed by atoms with E-state index in [0.29, 0.717) is 5.56 Å². The molecule has 74 valence electrons. The maximum atomic E-state index is 11.5. The van der Waals surface area contributed by atoms with Crippen molar-refractivity contribution in [3.05, 3.63) is 35.9 Å². The Morgan fingerprint density at radius 1 is 1.29 bits per heavy atom. The van der Waals surface area contributed by atoms with Gasteiger partial charge in [-0.25, -0.2) is 0 Å². The molecular weight excluding hydrogens is 182 g/mol. The zero-order valence-corrected chi connectivity index (χ0v) is 7.80. The van der Waals surface area contributed by atoms with Crippen molar-refractivity contribution in [2.45, 2.75) is 0 Å². The van der Waals surface area contributed by atoms with E-state index in [1.54, 1.807) is 30.3 Å². The molecule has 14 heavy (non-hydrogen) atoms. The third-order valence-corrected chi connectivity index (χ3v) is 1.74. The molecule has 1 amide bonds. The van der Waals surface area contributed by atoms with E-state index in [0.717, 1.165) is 4.90 Å². The number of hydrogen-bond donors (Lipinski definition) is 1. The molecule has 1 aromatic rings. The molecule has 4 nitrogen and oxygen atoms in total. The zero-order valence-electron chi connectivity index (χ0n) is 7.80. The fourth-order valence-electron chi connectivity index (χ4n) is 1.08. The molecule has 1 rings (SSSR count). The summed E-state index contributed by atoms with van der Waals surface area (Å²) in [5, 5.41) is 8.49. The molecular formula is C10H11NO3. The molecule has 0 aromatic heterocycles. The van der Waals surface area contributed by atoms with Crippen LogP contribution in [0.5, 0.6) is 0 Å². The Morgan fingerprint density at radius 3 is 2.36 bits per heavy atom. The fraction of sp³-hybridized carbons (Fsp3) is 0.200. The van der Waals surface area contributed by atoms with E-state index < -0.39 is 5.97 Å². The van der Waals surface area contributed by atoms with E-state index in [9.17, 15) is 9.59 Å². The number of carboxylic acids is 1. The maximum Gasteiger partial charge on any atom is 0.323 e. The number of carboxylic acid groups (broad SMARTS) is 1. The number of hydrogen-bond acceptors (Lipinski definition) is 2. The first-order chi connectivity index (χ1) is 6.61. The van der Waals surface area contributed by atoms with Crippen LogP contribution in [0, 0.1) is 0 Å². The van der Waals surface area contributed by atoms with Crippen molar-refractivity contribution in [2.75, 3.05) is 13.6 Å². The summed E-state index contributed by atoms with van der Waals surface area (Å²) in [6, 6.07) is 8.58. The van der Waals surface area contributed by atoms with Crippen molar-refractivity contribution in [3.8, 4) is 0 Å². The largest absolute Gasteiger partial charge is 0.480 e. The molecule has 0 spiro atoms. The summed E-state index contributed by atoms with van der Waals surface area (Å²) in [6.45, 7) is -0.284. The molecule has 0 aliphatic heterocycles. The van der Waals surface area contributed by atoms with Gasteiger partial charge >= 0.3 is 5.97 Å². The molecule has 1 N–H and O–H groups in total. The highest BCUT2D eigenvalue weighted by molar-refractivity contribution is 5.95. The first kappa shape index (κ1) is 10.2. The van der Waals surface area contributed by atoms with Crippen molar-refractivity contribution < 1.29 is 14.7 Å². The minimum absolute atomic E-state index is 0.284. The average molecular weight is 193 g/mol. The van der Waals surface area contributed by atoms with Crippen molar-refractivity contribution in [3.63, 3.8) is 0 Å². The smallest absolute Gasteiger partial charge is 0.323 e. The molecule has 0 bridgehead atoms. The summed E-state index contributed by atoms with van der Waals surface area (Å²) in [7, 11) is 1.46. The Hall–Kier alpha value is -1.84. The highest BCUT2D eigenvalue weighted by Gasteiger charge is 2.13.